The van der Waals surface area contributed by atoms with Crippen LogP contribution in [0.25, 0.3) is 0 Å². The van der Waals surface area contributed by atoms with Crippen LogP contribution in [0, 0.1) is 0 Å². The van der Waals surface area contributed by atoms with Gasteiger partial charge in [-0.15, -0.1) is 0 Å². The number of rotatable bonds is 5. The molecule has 0 saturated carbocycles. The number of carboxylic acid groups (broad SMARTS) is 1. The summed E-state index contributed by atoms with van der Waals surface area (Å²) in [5, 5.41) is 11.6. The van der Waals surface area contributed by atoms with Gasteiger partial charge in [0.25, 0.3) is 0 Å². The molecule has 0 amide bonds. The third-order valence-electron chi connectivity index (χ3n) is 2.86. The second-order valence-electron chi connectivity index (χ2n) is 4.59. The number of carbonyl (C=O) groups is 1. The maximum Gasteiger partial charge on any atom is 0.433 e. The molecule has 1 aromatic heterocycles. The minimum atomic E-state index is -4.61. The monoisotopic (exact) mass is 291 g/mol. The van der Waals surface area contributed by atoms with Crippen LogP contribution in [0.15, 0.2) is 12.1 Å². The molecule has 5 nitrogen and oxygen atoms in total. The lowest BCUT2D eigenvalue weighted by atomic mass is 10.2. The molecule has 1 rings (SSSR count). The first-order valence-electron chi connectivity index (χ1n) is 5.84. The van der Waals surface area contributed by atoms with Gasteiger partial charge < -0.3 is 15.3 Å². The van der Waals surface area contributed by atoms with Crippen molar-refractivity contribution in [3.8, 4) is 0 Å². The van der Waals surface area contributed by atoms with E-state index in [1.807, 2.05) is 25.9 Å². The van der Waals surface area contributed by atoms with Crippen LogP contribution in [-0.2, 0) is 6.18 Å². The number of nitrogens with one attached hydrogen (secondary N) is 1. The Bertz CT molecular complexity index is 489. The largest absolute Gasteiger partial charge is 0.478 e. The van der Waals surface area contributed by atoms with E-state index in [0.717, 1.165) is 6.07 Å². The van der Waals surface area contributed by atoms with Crippen molar-refractivity contribution in [2.24, 2.45) is 0 Å². The summed E-state index contributed by atoms with van der Waals surface area (Å²) >= 11 is 0. The van der Waals surface area contributed by atoms with Crippen molar-refractivity contribution in [2.45, 2.75) is 19.1 Å². The average Bonchev–Trinajstić information content (AvgIpc) is 2.34. The first-order valence-corrected chi connectivity index (χ1v) is 5.84. The molecule has 1 atom stereocenters. The van der Waals surface area contributed by atoms with E-state index in [-0.39, 0.29) is 24.0 Å². The van der Waals surface area contributed by atoms with Gasteiger partial charge in [0.1, 0.15) is 17.1 Å². The zero-order valence-corrected chi connectivity index (χ0v) is 11.3. The molecule has 0 fully saturated rings. The van der Waals surface area contributed by atoms with Crippen molar-refractivity contribution in [1.82, 2.24) is 9.88 Å². The van der Waals surface area contributed by atoms with E-state index in [0.29, 0.717) is 6.07 Å². The van der Waals surface area contributed by atoms with Gasteiger partial charge in [-0.2, -0.15) is 13.2 Å². The van der Waals surface area contributed by atoms with Crippen LogP contribution in [0.3, 0.4) is 0 Å². The second kappa shape index (κ2) is 6.08. The lowest BCUT2D eigenvalue weighted by Gasteiger charge is -2.21. The van der Waals surface area contributed by atoms with Crippen LogP contribution < -0.4 is 5.32 Å². The number of aromatic carboxylic acids is 1. The minimum Gasteiger partial charge on any atom is -0.478 e. The number of nitrogens with zero attached hydrogens (tertiary/aromatic N) is 2. The number of alkyl halides is 3. The highest BCUT2D eigenvalue weighted by atomic mass is 19.4. The Labute approximate surface area is 114 Å². The fourth-order valence-electron chi connectivity index (χ4n) is 1.35. The van der Waals surface area contributed by atoms with Crippen LogP contribution in [0.1, 0.15) is 23.0 Å². The van der Waals surface area contributed by atoms with Crippen LogP contribution in [-0.4, -0.2) is 47.6 Å². The molecule has 0 aliphatic carbocycles. The molecule has 0 aliphatic rings. The molecule has 0 radical (unpaired) electrons. The van der Waals surface area contributed by atoms with Gasteiger partial charge in [-0.1, -0.05) is 0 Å². The first-order chi connectivity index (χ1) is 9.12. The van der Waals surface area contributed by atoms with Crippen LogP contribution >= 0.6 is 0 Å². The van der Waals surface area contributed by atoms with Gasteiger partial charge >= 0.3 is 12.1 Å². The number of hydrogen-bond acceptors (Lipinski definition) is 4. The van der Waals surface area contributed by atoms with Crippen molar-refractivity contribution in [1.29, 1.82) is 0 Å². The van der Waals surface area contributed by atoms with Crippen LogP contribution in [0.4, 0.5) is 19.0 Å². The summed E-state index contributed by atoms with van der Waals surface area (Å²) in [6.45, 7) is 2.13. The summed E-state index contributed by atoms with van der Waals surface area (Å²) in [7, 11) is 3.62. The fraction of sp³-hybridized carbons (Fsp3) is 0.500. The normalized spacial score (nSPS) is 13.3. The molecular formula is C12H16F3N3O2. The lowest BCUT2D eigenvalue weighted by molar-refractivity contribution is -0.141. The quantitative estimate of drug-likeness (QED) is 0.870. The Morgan fingerprint density at radius 1 is 1.45 bits per heavy atom. The molecule has 0 spiro atoms. The summed E-state index contributed by atoms with van der Waals surface area (Å²) in [6, 6.07) is 1.57. The molecule has 20 heavy (non-hydrogen) atoms. The Morgan fingerprint density at radius 3 is 2.50 bits per heavy atom. The zero-order valence-electron chi connectivity index (χ0n) is 11.3. The van der Waals surface area contributed by atoms with Crippen molar-refractivity contribution in [3.63, 3.8) is 0 Å². The minimum absolute atomic E-state index is 0.00740. The molecule has 0 aromatic carbocycles. The maximum atomic E-state index is 12.6. The number of anilines is 1. The smallest absolute Gasteiger partial charge is 0.433 e. The number of aromatic nitrogens is 1. The van der Waals surface area contributed by atoms with Gasteiger partial charge in [0.15, 0.2) is 0 Å². The molecule has 8 heteroatoms. The first kappa shape index (κ1) is 16.2. The van der Waals surface area contributed by atoms with Crippen molar-refractivity contribution in [3.05, 3.63) is 23.4 Å². The average molecular weight is 291 g/mol. The van der Waals surface area contributed by atoms with Gasteiger partial charge in [-0.3, -0.25) is 0 Å². The van der Waals surface area contributed by atoms with Gasteiger partial charge in [-0.05, 0) is 33.2 Å². The number of carboxylic acids is 1. The molecule has 2 N–H and O–H groups in total. The van der Waals surface area contributed by atoms with Gasteiger partial charge in [0, 0.05) is 12.6 Å². The van der Waals surface area contributed by atoms with E-state index in [9.17, 15) is 18.0 Å². The van der Waals surface area contributed by atoms with Gasteiger partial charge in [0.2, 0.25) is 0 Å². The third-order valence-corrected chi connectivity index (χ3v) is 2.86. The number of likely N-dealkylation sites (N-methyl/N-ethyl adjacent to an activating group) is 1. The molecule has 0 saturated heterocycles. The summed E-state index contributed by atoms with van der Waals surface area (Å²) in [5.74, 6) is -1.60. The zero-order chi connectivity index (χ0) is 15.5. The Kier molecular flexibility index (Phi) is 4.93. The number of hydrogen-bond donors (Lipinski definition) is 2. The molecule has 0 bridgehead atoms. The van der Waals surface area contributed by atoms with Crippen LogP contribution in [0.2, 0.25) is 0 Å². The highest BCUT2D eigenvalue weighted by molar-refractivity contribution is 5.93. The molecule has 1 aromatic rings. The lowest BCUT2D eigenvalue weighted by Crippen LogP contribution is -2.32. The summed E-state index contributed by atoms with van der Waals surface area (Å²) in [4.78, 5) is 16.2. The summed E-state index contributed by atoms with van der Waals surface area (Å²) in [5.41, 5.74) is -1.41. The standard InChI is InChI=1S/C12H16F3N3O2/c1-7(18(2)3)6-16-10-8(11(19)20)4-5-9(17-10)12(13,14)15/h4-5,7H,6H2,1-3H3,(H,16,17)(H,19,20). The summed E-state index contributed by atoms with van der Waals surface area (Å²) < 4.78 is 37.7. The predicted octanol–water partition coefficient (Wildman–Crippen LogP) is 2.16. The van der Waals surface area contributed by atoms with E-state index in [1.165, 1.54) is 0 Å². The summed E-state index contributed by atoms with van der Waals surface area (Å²) in [6.07, 6.45) is -4.61. The van der Waals surface area contributed by atoms with Gasteiger partial charge in [-0.25, -0.2) is 9.78 Å². The van der Waals surface area contributed by atoms with Crippen molar-refractivity contribution >= 4 is 11.8 Å². The Balaban J connectivity index is 3.04. The fourth-order valence-corrected chi connectivity index (χ4v) is 1.35. The SMILES string of the molecule is CC(CNc1nc(C(F)(F)F)ccc1C(=O)O)N(C)C. The van der Waals surface area contributed by atoms with Crippen molar-refractivity contribution in [2.75, 3.05) is 26.0 Å². The molecule has 112 valence electrons. The topological polar surface area (TPSA) is 65.5 Å². The molecule has 1 unspecified atom stereocenters. The van der Waals surface area contributed by atoms with E-state index < -0.39 is 17.8 Å². The predicted molar refractivity (Wildman–Crippen MR) is 67.8 cm³/mol. The highest BCUT2D eigenvalue weighted by Gasteiger charge is 2.33. The number of halogens is 3. The van der Waals surface area contributed by atoms with E-state index >= 15 is 0 Å². The second-order valence-corrected chi connectivity index (χ2v) is 4.59. The van der Waals surface area contributed by atoms with Crippen LogP contribution in [0.5, 0.6) is 0 Å². The maximum absolute atomic E-state index is 12.6. The van der Waals surface area contributed by atoms with E-state index in [2.05, 4.69) is 10.3 Å². The van der Waals surface area contributed by atoms with Crippen molar-refractivity contribution < 1.29 is 23.1 Å². The third kappa shape index (κ3) is 4.09. The Morgan fingerprint density at radius 2 is 2.05 bits per heavy atom. The Hall–Kier alpha value is -1.83. The molecule has 0 aliphatic heterocycles. The van der Waals surface area contributed by atoms with E-state index in [1.54, 1.807) is 0 Å². The number of pyridine rings is 1. The van der Waals surface area contributed by atoms with Gasteiger partial charge in [0.05, 0.1) is 0 Å². The molecule has 1 heterocycles. The van der Waals surface area contributed by atoms with E-state index in [4.69, 9.17) is 5.11 Å². The highest BCUT2D eigenvalue weighted by Crippen LogP contribution is 2.29. The molecular weight excluding hydrogens is 275 g/mol.